The van der Waals surface area contributed by atoms with E-state index in [0.29, 0.717) is 24.4 Å². The number of hydrogen-bond acceptors (Lipinski definition) is 2. The van der Waals surface area contributed by atoms with Crippen LogP contribution in [-0.2, 0) is 24.1 Å². The van der Waals surface area contributed by atoms with Crippen LogP contribution >= 0.6 is 0 Å². The first-order valence-corrected chi connectivity index (χ1v) is 13.1. The Balaban J connectivity index is 1.40. The first-order chi connectivity index (χ1) is 17.0. The van der Waals surface area contributed by atoms with Gasteiger partial charge in [-0.05, 0) is 85.7 Å². The Bertz CT molecular complexity index is 1150. The van der Waals surface area contributed by atoms with Gasteiger partial charge in [-0.15, -0.1) is 0 Å². The van der Waals surface area contributed by atoms with Gasteiger partial charge >= 0.3 is 0 Å². The molecule has 2 nitrogen and oxygen atoms in total. The van der Waals surface area contributed by atoms with Crippen LogP contribution in [0.25, 0.3) is 0 Å². The molecule has 1 aliphatic heterocycles. The van der Waals surface area contributed by atoms with Gasteiger partial charge in [0.15, 0.2) is 5.78 Å². The molecule has 1 saturated heterocycles. The molecule has 0 N–H and O–H groups in total. The van der Waals surface area contributed by atoms with Crippen LogP contribution in [0.1, 0.15) is 53.6 Å². The summed E-state index contributed by atoms with van der Waals surface area (Å²) in [5.74, 6) is 0.594. The van der Waals surface area contributed by atoms with Crippen LogP contribution in [0.2, 0.25) is 0 Å². The summed E-state index contributed by atoms with van der Waals surface area (Å²) in [7, 11) is 0. The lowest BCUT2D eigenvalue weighted by molar-refractivity contribution is -0.127. The van der Waals surface area contributed by atoms with E-state index in [4.69, 9.17) is 0 Å². The molecule has 0 bridgehead atoms. The summed E-state index contributed by atoms with van der Waals surface area (Å²) < 4.78 is 14.7. The standard InChI is InChI=1S/C32H36FNO/c1-22-13-15-24(16-14-22)32-23(2)8-7-17-34(32)21-31(35)29(20-27-11-5-6-12-30(27)33)28-18-25-9-3-4-10-26(25)19-28/h3-6,9-16,23,28-29,32H,7-8,17-21H2,1-2H3. The lowest BCUT2D eigenvalue weighted by Crippen LogP contribution is -2.43. The minimum absolute atomic E-state index is 0.185. The van der Waals surface area contributed by atoms with Crippen molar-refractivity contribution in [2.45, 2.75) is 52.0 Å². The van der Waals surface area contributed by atoms with Gasteiger partial charge in [0.2, 0.25) is 0 Å². The predicted molar refractivity (Wildman–Crippen MR) is 140 cm³/mol. The molecule has 5 rings (SSSR count). The zero-order valence-electron chi connectivity index (χ0n) is 20.9. The van der Waals surface area contributed by atoms with E-state index in [1.807, 2.05) is 12.1 Å². The molecule has 1 aliphatic carbocycles. The van der Waals surface area contributed by atoms with Crippen molar-refractivity contribution in [3.05, 3.63) is 106 Å². The maximum Gasteiger partial charge on any atom is 0.150 e. The molecular weight excluding hydrogens is 433 g/mol. The molecule has 35 heavy (non-hydrogen) atoms. The van der Waals surface area contributed by atoms with Crippen molar-refractivity contribution in [2.24, 2.45) is 17.8 Å². The van der Waals surface area contributed by atoms with Gasteiger partial charge in [0.25, 0.3) is 0 Å². The summed E-state index contributed by atoms with van der Waals surface area (Å²) in [5, 5.41) is 0. The average Bonchev–Trinajstić information content (AvgIpc) is 3.28. The SMILES string of the molecule is Cc1ccc(C2C(C)CCCN2CC(=O)C(Cc2ccccc2F)C2Cc3ccccc3C2)cc1. The number of likely N-dealkylation sites (tertiary alicyclic amines) is 1. The van der Waals surface area contributed by atoms with E-state index < -0.39 is 0 Å². The number of nitrogens with zero attached hydrogens (tertiary/aromatic N) is 1. The monoisotopic (exact) mass is 469 g/mol. The Morgan fingerprint density at radius 2 is 1.63 bits per heavy atom. The van der Waals surface area contributed by atoms with E-state index in [9.17, 15) is 9.18 Å². The van der Waals surface area contributed by atoms with E-state index >= 15 is 0 Å². The number of piperidine rings is 1. The molecule has 0 radical (unpaired) electrons. The Morgan fingerprint density at radius 3 is 2.31 bits per heavy atom. The second-order valence-corrected chi connectivity index (χ2v) is 10.8. The summed E-state index contributed by atoms with van der Waals surface area (Å²) >= 11 is 0. The maximum absolute atomic E-state index is 14.7. The molecule has 0 amide bonds. The molecule has 1 fully saturated rings. The van der Waals surface area contributed by atoms with Crippen LogP contribution in [-0.4, -0.2) is 23.8 Å². The fraction of sp³-hybridized carbons (Fsp3) is 0.406. The summed E-state index contributed by atoms with van der Waals surface area (Å²) in [6, 6.07) is 24.5. The van der Waals surface area contributed by atoms with Gasteiger partial charge in [0.1, 0.15) is 5.82 Å². The highest BCUT2D eigenvalue weighted by Crippen LogP contribution is 2.38. The van der Waals surface area contributed by atoms with E-state index in [0.717, 1.165) is 25.8 Å². The molecule has 3 heteroatoms. The predicted octanol–water partition coefficient (Wildman–Crippen LogP) is 6.75. The second-order valence-electron chi connectivity index (χ2n) is 10.8. The third kappa shape index (κ3) is 5.26. The molecule has 3 aromatic rings. The maximum atomic E-state index is 14.7. The second kappa shape index (κ2) is 10.5. The zero-order chi connectivity index (χ0) is 24.4. The van der Waals surface area contributed by atoms with Crippen molar-refractivity contribution >= 4 is 5.78 Å². The minimum Gasteiger partial charge on any atom is -0.298 e. The fourth-order valence-corrected chi connectivity index (χ4v) is 6.39. The first-order valence-electron chi connectivity index (χ1n) is 13.1. The Hall–Kier alpha value is -2.78. The van der Waals surface area contributed by atoms with Crippen molar-refractivity contribution in [3.63, 3.8) is 0 Å². The zero-order valence-corrected chi connectivity index (χ0v) is 20.9. The van der Waals surface area contributed by atoms with Crippen LogP contribution in [0, 0.1) is 30.5 Å². The van der Waals surface area contributed by atoms with Crippen molar-refractivity contribution < 1.29 is 9.18 Å². The number of rotatable bonds is 7. The van der Waals surface area contributed by atoms with Gasteiger partial charge in [-0.25, -0.2) is 4.39 Å². The molecule has 3 aromatic carbocycles. The molecule has 1 heterocycles. The van der Waals surface area contributed by atoms with E-state index in [1.54, 1.807) is 6.07 Å². The topological polar surface area (TPSA) is 20.3 Å². The highest BCUT2D eigenvalue weighted by atomic mass is 19.1. The van der Waals surface area contributed by atoms with Crippen molar-refractivity contribution in [3.8, 4) is 0 Å². The first kappa shape index (κ1) is 23.9. The molecule has 0 saturated carbocycles. The number of ketones is 1. The van der Waals surface area contributed by atoms with Crippen molar-refractivity contribution in [1.29, 1.82) is 0 Å². The number of carbonyl (C=O) groups excluding carboxylic acids is 1. The lowest BCUT2D eigenvalue weighted by atomic mass is 9.80. The number of carbonyl (C=O) groups is 1. The largest absolute Gasteiger partial charge is 0.298 e. The van der Waals surface area contributed by atoms with Crippen LogP contribution in [0.15, 0.2) is 72.8 Å². The number of Topliss-reactive ketones (excluding diaryl/α,β-unsaturated/α-hetero) is 1. The molecule has 0 aromatic heterocycles. The molecule has 3 unspecified atom stereocenters. The van der Waals surface area contributed by atoms with Gasteiger partial charge in [-0.1, -0.05) is 79.2 Å². The summed E-state index contributed by atoms with van der Waals surface area (Å²) in [5.41, 5.74) is 5.89. The number of fused-ring (bicyclic) bond motifs is 1. The normalized spacial score (nSPS) is 21.6. The molecule has 0 spiro atoms. The molecule has 182 valence electrons. The minimum atomic E-state index is -0.204. The number of halogens is 1. The number of hydrogen-bond donors (Lipinski definition) is 0. The van der Waals surface area contributed by atoms with Crippen LogP contribution in [0.3, 0.4) is 0 Å². The van der Waals surface area contributed by atoms with Gasteiger partial charge < -0.3 is 0 Å². The Kier molecular flexibility index (Phi) is 7.15. The smallest absolute Gasteiger partial charge is 0.150 e. The Morgan fingerprint density at radius 1 is 0.971 bits per heavy atom. The van der Waals surface area contributed by atoms with Gasteiger partial charge in [-0.2, -0.15) is 0 Å². The molecule has 2 aliphatic rings. The molecular formula is C32H36FNO. The van der Waals surface area contributed by atoms with Crippen LogP contribution < -0.4 is 0 Å². The van der Waals surface area contributed by atoms with Crippen molar-refractivity contribution in [1.82, 2.24) is 4.90 Å². The van der Waals surface area contributed by atoms with Crippen LogP contribution in [0.4, 0.5) is 4.39 Å². The third-order valence-corrected chi connectivity index (χ3v) is 8.28. The fourth-order valence-electron chi connectivity index (χ4n) is 6.39. The number of aryl methyl sites for hydroxylation is 1. The highest BCUT2D eigenvalue weighted by Gasteiger charge is 2.37. The average molecular weight is 470 g/mol. The van der Waals surface area contributed by atoms with E-state index in [-0.39, 0.29) is 29.5 Å². The Labute approximate surface area is 209 Å². The summed E-state index contributed by atoms with van der Waals surface area (Å²) in [4.78, 5) is 16.4. The lowest BCUT2D eigenvalue weighted by Gasteiger charge is -2.41. The summed E-state index contributed by atoms with van der Waals surface area (Å²) in [6.45, 7) is 5.80. The van der Waals surface area contributed by atoms with Gasteiger partial charge in [0.05, 0.1) is 6.54 Å². The third-order valence-electron chi connectivity index (χ3n) is 8.28. The van der Waals surface area contributed by atoms with Gasteiger partial charge in [0, 0.05) is 12.0 Å². The summed E-state index contributed by atoms with van der Waals surface area (Å²) in [6.07, 6.45) is 4.57. The number of benzene rings is 3. The van der Waals surface area contributed by atoms with Gasteiger partial charge in [-0.3, -0.25) is 9.69 Å². The molecule has 3 atom stereocenters. The van der Waals surface area contributed by atoms with E-state index in [2.05, 4.69) is 67.3 Å². The van der Waals surface area contributed by atoms with Crippen LogP contribution in [0.5, 0.6) is 0 Å². The quantitative estimate of drug-likeness (QED) is 0.381. The highest BCUT2D eigenvalue weighted by molar-refractivity contribution is 5.84. The van der Waals surface area contributed by atoms with E-state index in [1.165, 1.54) is 34.7 Å². The van der Waals surface area contributed by atoms with Crippen molar-refractivity contribution in [2.75, 3.05) is 13.1 Å².